The molecule has 5 rings (SSSR count). The molecular weight excluding hydrogens is 442 g/mol. The van der Waals surface area contributed by atoms with Gasteiger partial charge in [0.1, 0.15) is 6.33 Å². The maximum Gasteiger partial charge on any atom is 0.269 e. The van der Waals surface area contributed by atoms with Gasteiger partial charge in [-0.3, -0.25) is 19.8 Å². The van der Waals surface area contributed by atoms with Crippen LogP contribution in [-0.4, -0.2) is 25.6 Å². The van der Waals surface area contributed by atoms with Gasteiger partial charge < -0.3 is 0 Å². The molecule has 8 nitrogen and oxygen atoms in total. The minimum Gasteiger partial charge on any atom is -0.269 e. The highest BCUT2D eigenvalue weighted by molar-refractivity contribution is 6.30. The minimum absolute atomic E-state index is 0.0734. The van der Waals surface area contributed by atoms with Crippen LogP contribution in [0.4, 0.5) is 11.6 Å². The zero-order chi connectivity index (χ0) is 22.9. The number of nitro groups is 1. The number of carbonyl (C=O) groups is 1. The van der Waals surface area contributed by atoms with Crippen molar-refractivity contribution in [3.63, 3.8) is 0 Å². The number of aromatic nitrogens is 3. The van der Waals surface area contributed by atoms with Gasteiger partial charge in [0.25, 0.3) is 11.6 Å². The Balaban J connectivity index is 1.61. The molecule has 2 atom stereocenters. The molecule has 33 heavy (non-hydrogen) atoms. The lowest BCUT2D eigenvalue weighted by Crippen LogP contribution is -2.42. The molecule has 1 aliphatic rings. The Kier molecular flexibility index (Phi) is 5.35. The van der Waals surface area contributed by atoms with E-state index in [4.69, 9.17) is 11.6 Å². The number of carbonyl (C=O) groups excluding carboxylic acids is 1. The Morgan fingerprint density at radius 3 is 2.27 bits per heavy atom. The smallest absolute Gasteiger partial charge is 0.269 e. The van der Waals surface area contributed by atoms with Crippen LogP contribution in [0.25, 0.3) is 0 Å². The fourth-order valence-electron chi connectivity index (χ4n) is 4.21. The number of halogens is 1. The fraction of sp³-hybridized carbons (Fsp3) is 0.125. The van der Waals surface area contributed by atoms with E-state index in [0.29, 0.717) is 23.0 Å². The van der Waals surface area contributed by atoms with E-state index in [2.05, 4.69) is 10.1 Å². The molecule has 0 radical (unpaired) electrons. The molecule has 2 heterocycles. The number of hydrogen-bond acceptors (Lipinski definition) is 5. The van der Waals surface area contributed by atoms with E-state index in [9.17, 15) is 14.9 Å². The van der Waals surface area contributed by atoms with Gasteiger partial charge in [0.2, 0.25) is 5.95 Å². The second-order valence-electron chi connectivity index (χ2n) is 7.71. The van der Waals surface area contributed by atoms with Crippen LogP contribution < -0.4 is 4.90 Å². The predicted octanol–water partition coefficient (Wildman–Crippen LogP) is 5.22. The van der Waals surface area contributed by atoms with Crippen LogP contribution in [-0.2, 0) is 0 Å². The number of anilines is 1. The highest BCUT2D eigenvalue weighted by Crippen LogP contribution is 2.42. The average Bonchev–Trinajstić information content (AvgIpc) is 3.34. The molecule has 0 unspecified atom stereocenters. The number of nitro benzene ring substituents is 1. The Morgan fingerprint density at radius 1 is 0.939 bits per heavy atom. The number of hydrogen-bond donors (Lipinski definition) is 0. The van der Waals surface area contributed by atoms with Crippen molar-refractivity contribution in [3.05, 3.63) is 117 Å². The van der Waals surface area contributed by atoms with E-state index in [-0.39, 0.29) is 23.7 Å². The fourth-order valence-corrected chi connectivity index (χ4v) is 4.34. The van der Waals surface area contributed by atoms with Gasteiger partial charge in [0.15, 0.2) is 0 Å². The van der Waals surface area contributed by atoms with Crippen LogP contribution in [0.3, 0.4) is 0 Å². The van der Waals surface area contributed by atoms with Crippen molar-refractivity contribution in [2.24, 2.45) is 0 Å². The maximum absolute atomic E-state index is 13.7. The standard InChI is InChI=1S/C24H18ClN5O3/c25-19-10-6-17(7-11-19)22-14-21(16-4-2-1-3-5-16)28(24-26-15-27-29(22)24)23(31)18-8-12-20(13-9-18)30(32)33/h1-13,15,21-22H,14H2/t21-,22-/m0/s1. The average molecular weight is 460 g/mol. The topological polar surface area (TPSA) is 94.2 Å². The third kappa shape index (κ3) is 3.85. The summed E-state index contributed by atoms with van der Waals surface area (Å²) in [7, 11) is 0. The molecule has 1 aromatic heterocycles. The van der Waals surface area contributed by atoms with Gasteiger partial charge in [-0.1, -0.05) is 54.1 Å². The van der Waals surface area contributed by atoms with Crippen molar-refractivity contribution in [2.45, 2.75) is 18.5 Å². The largest absolute Gasteiger partial charge is 0.269 e. The number of nitrogens with zero attached hydrogens (tertiary/aromatic N) is 5. The summed E-state index contributed by atoms with van der Waals surface area (Å²) in [6.45, 7) is 0. The van der Waals surface area contributed by atoms with E-state index >= 15 is 0 Å². The van der Waals surface area contributed by atoms with Crippen molar-refractivity contribution < 1.29 is 9.72 Å². The molecular formula is C24H18ClN5O3. The van der Waals surface area contributed by atoms with Crippen LogP contribution >= 0.6 is 11.6 Å². The van der Waals surface area contributed by atoms with Crippen LogP contribution in [0, 0.1) is 10.1 Å². The predicted molar refractivity (Wildman–Crippen MR) is 123 cm³/mol. The molecule has 9 heteroatoms. The maximum atomic E-state index is 13.7. The molecule has 164 valence electrons. The molecule has 0 spiro atoms. The monoisotopic (exact) mass is 459 g/mol. The number of fused-ring (bicyclic) bond motifs is 1. The van der Waals surface area contributed by atoms with E-state index in [1.807, 2.05) is 54.6 Å². The lowest BCUT2D eigenvalue weighted by Gasteiger charge is -2.39. The van der Waals surface area contributed by atoms with Gasteiger partial charge in [0, 0.05) is 22.7 Å². The molecule has 1 amide bonds. The third-order valence-corrected chi connectivity index (χ3v) is 6.06. The van der Waals surface area contributed by atoms with Gasteiger partial charge in [-0.2, -0.15) is 10.1 Å². The summed E-state index contributed by atoms with van der Waals surface area (Å²) >= 11 is 6.09. The van der Waals surface area contributed by atoms with Crippen molar-refractivity contribution in [1.82, 2.24) is 14.8 Å². The van der Waals surface area contributed by atoms with E-state index in [1.54, 1.807) is 9.58 Å². The molecule has 0 saturated carbocycles. The first kappa shape index (κ1) is 20.8. The van der Waals surface area contributed by atoms with Crippen LogP contribution in [0.1, 0.15) is 40.0 Å². The second-order valence-corrected chi connectivity index (χ2v) is 8.15. The van der Waals surface area contributed by atoms with E-state index in [1.165, 1.54) is 30.6 Å². The first-order chi connectivity index (χ1) is 16.0. The van der Waals surface area contributed by atoms with Crippen molar-refractivity contribution in [1.29, 1.82) is 0 Å². The molecule has 0 bridgehead atoms. The van der Waals surface area contributed by atoms with Crippen molar-refractivity contribution in [3.8, 4) is 0 Å². The Bertz CT molecular complexity index is 1310. The molecule has 1 aliphatic heterocycles. The highest BCUT2D eigenvalue weighted by Gasteiger charge is 2.39. The Hall–Kier alpha value is -4.04. The number of benzene rings is 3. The number of non-ortho nitro benzene ring substituents is 1. The van der Waals surface area contributed by atoms with Crippen LogP contribution in [0.5, 0.6) is 0 Å². The van der Waals surface area contributed by atoms with Gasteiger partial charge >= 0.3 is 0 Å². The Morgan fingerprint density at radius 2 is 1.61 bits per heavy atom. The summed E-state index contributed by atoms with van der Waals surface area (Å²) in [6.07, 6.45) is 2.00. The normalized spacial score (nSPS) is 17.4. The summed E-state index contributed by atoms with van der Waals surface area (Å²) in [4.78, 5) is 30.2. The minimum atomic E-state index is -0.491. The second kappa shape index (κ2) is 8.48. The SMILES string of the molecule is O=C(c1ccc([N+](=O)[O-])cc1)N1c2ncnn2[C@H](c2ccc(Cl)cc2)C[C@H]1c1ccccc1. The van der Waals surface area contributed by atoms with E-state index in [0.717, 1.165) is 11.1 Å². The van der Waals surface area contributed by atoms with Gasteiger partial charge in [-0.05, 0) is 41.8 Å². The lowest BCUT2D eigenvalue weighted by atomic mass is 9.91. The highest BCUT2D eigenvalue weighted by atomic mass is 35.5. The number of amides is 1. The van der Waals surface area contributed by atoms with Gasteiger partial charge in [-0.15, -0.1) is 0 Å². The molecule has 0 N–H and O–H groups in total. The number of rotatable bonds is 4. The van der Waals surface area contributed by atoms with E-state index < -0.39 is 4.92 Å². The molecule has 3 aromatic carbocycles. The third-order valence-electron chi connectivity index (χ3n) is 5.81. The molecule has 0 aliphatic carbocycles. The van der Waals surface area contributed by atoms with Crippen molar-refractivity contribution in [2.75, 3.05) is 4.90 Å². The van der Waals surface area contributed by atoms with Crippen molar-refractivity contribution >= 4 is 29.1 Å². The zero-order valence-corrected chi connectivity index (χ0v) is 18.0. The first-order valence-electron chi connectivity index (χ1n) is 10.3. The molecule has 4 aromatic rings. The summed E-state index contributed by atoms with van der Waals surface area (Å²) < 4.78 is 1.74. The quantitative estimate of drug-likeness (QED) is 0.308. The van der Waals surface area contributed by atoms with Crippen LogP contribution in [0.2, 0.25) is 5.02 Å². The summed E-state index contributed by atoms with van der Waals surface area (Å²) in [5, 5.41) is 16.1. The zero-order valence-electron chi connectivity index (χ0n) is 17.3. The Labute approximate surface area is 194 Å². The first-order valence-corrected chi connectivity index (χ1v) is 10.7. The van der Waals surface area contributed by atoms with Gasteiger partial charge in [-0.25, -0.2) is 4.68 Å². The van der Waals surface area contributed by atoms with Crippen LogP contribution in [0.15, 0.2) is 85.2 Å². The summed E-state index contributed by atoms with van der Waals surface area (Å²) in [6, 6.07) is 22.4. The summed E-state index contributed by atoms with van der Waals surface area (Å²) in [5.74, 6) is 0.112. The molecule has 0 fully saturated rings. The lowest BCUT2D eigenvalue weighted by molar-refractivity contribution is -0.384. The summed E-state index contributed by atoms with van der Waals surface area (Å²) in [5.41, 5.74) is 2.23. The van der Waals surface area contributed by atoms with Gasteiger partial charge in [0.05, 0.1) is 17.0 Å². The molecule has 0 saturated heterocycles.